The van der Waals surface area contributed by atoms with E-state index < -0.39 is 0 Å². The molecule has 2 aromatic rings. The second-order valence-electron chi connectivity index (χ2n) is 4.48. The first kappa shape index (κ1) is 14.4. The molecule has 0 aromatic heterocycles. The first-order chi connectivity index (χ1) is 9.11. The third-order valence-corrected chi connectivity index (χ3v) is 4.24. The van der Waals surface area contributed by atoms with Crippen molar-refractivity contribution in [3.63, 3.8) is 0 Å². The number of alkyl halides is 1. The summed E-state index contributed by atoms with van der Waals surface area (Å²) in [5.74, 6) is 0.861. The number of rotatable bonds is 4. The second-order valence-corrected chi connectivity index (χ2v) is 6.03. The predicted octanol–water partition coefficient (Wildman–Crippen LogP) is 5.34. The summed E-state index contributed by atoms with van der Waals surface area (Å²) in [5.41, 5.74) is 3.71. The average Bonchev–Trinajstić information content (AvgIpc) is 2.41. The van der Waals surface area contributed by atoms with E-state index in [0.717, 1.165) is 22.8 Å². The van der Waals surface area contributed by atoms with Gasteiger partial charge in [-0.2, -0.15) is 0 Å². The summed E-state index contributed by atoms with van der Waals surface area (Å²) >= 11 is 9.82. The molecule has 0 radical (unpaired) electrons. The topological polar surface area (TPSA) is 9.23 Å². The standard InChI is InChI=1S/C16H16BrClO/c1-11-5-3-4-6-12(11)9-15(17)14-10-13(18)7-8-16(14)19-2/h3-8,10,15H,9H2,1-2H3. The number of benzene rings is 2. The van der Waals surface area contributed by atoms with Gasteiger partial charge in [-0.1, -0.05) is 51.8 Å². The molecule has 0 amide bonds. The maximum atomic E-state index is 6.08. The predicted molar refractivity (Wildman–Crippen MR) is 84.6 cm³/mol. The van der Waals surface area contributed by atoms with Crippen LogP contribution in [0.5, 0.6) is 5.75 Å². The van der Waals surface area contributed by atoms with E-state index in [1.54, 1.807) is 7.11 Å². The van der Waals surface area contributed by atoms with Crippen LogP contribution in [0.4, 0.5) is 0 Å². The zero-order valence-electron chi connectivity index (χ0n) is 11.0. The number of methoxy groups -OCH3 is 1. The molecule has 0 heterocycles. The van der Waals surface area contributed by atoms with Crippen LogP contribution in [0.3, 0.4) is 0 Å². The summed E-state index contributed by atoms with van der Waals surface area (Å²) in [6, 6.07) is 14.1. The molecule has 0 fully saturated rings. The summed E-state index contributed by atoms with van der Waals surface area (Å²) in [7, 11) is 1.68. The van der Waals surface area contributed by atoms with Gasteiger partial charge >= 0.3 is 0 Å². The summed E-state index contributed by atoms with van der Waals surface area (Å²) in [6.07, 6.45) is 0.906. The molecule has 0 aliphatic carbocycles. The smallest absolute Gasteiger partial charge is 0.123 e. The molecule has 1 nitrogen and oxygen atoms in total. The van der Waals surface area contributed by atoms with E-state index in [1.807, 2.05) is 18.2 Å². The lowest BCUT2D eigenvalue weighted by molar-refractivity contribution is 0.409. The van der Waals surface area contributed by atoms with Crippen LogP contribution in [0.1, 0.15) is 21.5 Å². The Kier molecular flexibility index (Phi) is 4.89. The van der Waals surface area contributed by atoms with E-state index in [9.17, 15) is 0 Å². The highest BCUT2D eigenvalue weighted by Crippen LogP contribution is 2.36. The van der Waals surface area contributed by atoms with E-state index in [4.69, 9.17) is 16.3 Å². The Bertz CT molecular complexity index is 568. The lowest BCUT2D eigenvalue weighted by atomic mass is 10.00. The van der Waals surface area contributed by atoms with Crippen molar-refractivity contribution in [1.29, 1.82) is 0 Å². The van der Waals surface area contributed by atoms with Gasteiger partial charge in [0, 0.05) is 15.4 Å². The first-order valence-corrected chi connectivity index (χ1v) is 7.43. The Morgan fingerprint density at radius 2 is 1.95 bits per heavy atom. The van der Waals surface area contributed by atoms with Gasteiger partial charge in [0.15, 0.2) is 0 Å². The summed E-state index contributed by atoms with van der Waals surface area (Å²) in [4.78, 5) is 0.183. The van der Waals surface area contributed by atoms with Crippen LogP contribution in [0, 0.1) is 6.92 Å². The largest absolute Gasteiger partial charge is 0.496 e. The van der Waals surface area contributed by atoms with Gasteiger partial charge in [0.25, 0.3) is 0 Å². The van der Waals surface area contributed by atoms with Crippen LogP contribution in [-0.4, -0.2) is 7.11 Å². The van der Waals surface area contributed by atoms with Crippen LogP contribution in [-0.2, 0) is 6.42 Å². The maximum absolute atomic E-state index is 6.08. The first-order valence-electron chi connectivity index (χ1n) is 6.14. The zero-order valence-corrected chi connectivity index (χ0v) is 13.3. The third kappa shape index (κ3) is 3.52. The van der Waals surface area contributed by atoms with E-state index >= 15 is 0 Å². The molecule has 1 atom stereocenters. The van der Waals surface area contributed by atoms with Crippen LogP contribution >= 0.6 is 27.5 Å². The number of halogens is 2. The van der Waals surface area contributed by atoms with Gasteiger partial charge in [-0.15, -0.1) is 0 Å². The van der Waals surface area contributed by atoms with Crippen molar-refractivity contribution >= 4 is 27.5 Å². The quantitative estimate of drug-likeness (QED) is 0.684. The average molecular weight is 340 g/mol. The second kappa shape index (κ2) is 6.44. The SMILES string of the molecule is COc1ccc(Cl)cc1C(Br)Cc1ccccc1C. The Morgan fingerprint density at radius 3 is 2.63 bits per heavy atom. The molecular formula is C16H16BrClO. The van der Waals surface area contributed by atoms with Gasteiger partial charge in [0.05, 0.1) is 7.11 Å². The van der Waals surface area contributed by atoms with E-state index in [0.29, 0.717) is 0 Å². The van der Waals surface area contributed by atoms with Crippen molar-refractivity contribution in [2.24, 2.45) is 0 Å². The Balaban J connectivity index is 2.27. The molecule has 0 aliphatic heterocycles. The van der Waals surface area contributed by atoms with Gasteiger partial charge < -0.3 is 4.74 Å². The van der Waals surface area contributed by atoms with Crippen LogP contribution in [0.15, 0.2) is 42.5 Å². The normalized spacial score (nSPS) is 12.2. The van der Waals surface area contributed by atoms with E-state index in [2.05, 4.69) is 47.1 Å². The molecule has 0 spiro atoms. The van der Waals surface area contributed by atoms with Crippen LogP contribution in [0.2, 0.25) is 5.02 Å². The fourth-order valence-electron chi connectivity index (χ4n) is 2.09. The van der Waals surface area contributed by atoms with Gasteiger partial charge in [0.1, 0.15) is 5.75 Å². The minimum Gasteiger partial charge on any atom is -0.496 e. The van der Waals surface area contributed by atoms with Crippen molar-refractivity contribution < 1.29 is 4.74 Å². The van der Waals surface area contributed by atoms with Crippen LogP contribution < -0.4 is 4.74 Å². The Hall–Kier alpha value is -0.990. The third-order valence-electron chi connectivity index (χ3n) is 3.19. The van der Waals surface area contributed by atoms with E-state index in [1.165, 1.54) is 11.1 Å². The van der Waals surface area contributed by atoms with Gasteiger partial charge in [0.2, 0.25) is 0 Å². The number of ether oxygens (including phenoxy) is 1. The lowest BCUT2D eigenvalue weighted by Gasteiger charge is -2.16. The molecule has 0 bridgehead atoms. The zero-order chi connectivity index (χ0) is 13.8. The molecule has 19 heavy (non-hydrogen) atoms. The number of hydrogen-bond donors (Lipinski definition) is 0. The van der Waals surface area contributed by atoms with Gasteiger partial charge in [-0.05, 0) is 42.7 Å². The van der Waals surface area contributed by atoms with Crippen LogP contribution in [0.25, 0.3) is 0 Å². The highest BCUT2D eigenvalue weighted by Gasteiger charge is 2.15. The van der Waals surface area contributed by atoms with E-state index in [-0.39, 0.29) is 4.83 Å². The van der Waals surface area contributed by atoms with Gasteiger partial charge in [-0.25, -0.2) is 0 Å². The monoisotopic (exact) mass is 338 g/mol. The fraction of sp³-hybridized carbons (Fsp3) is 0.250. The van der Waals surface area contributed by atoms with Crippen molar-refractivity contribution in [3.05, 3.63) is 64.2 Å². The molecule has 0 aliphatic rings. The minimum absolute atomic E-state index is 0.183. The summed E-state index contributed by atoms with van der Waals surface area (Å²) < 4.78 is 5.40. The van der Waals surface area contributed by atoms with Crippen molar-refractivity contribution in [1.82, 2.24) is 0 Å². The fourth-order valence-corrected chi connectivity index (χ4v) is 2.98. The molecule has 0 saturated carbocycles. The van der Waals surface area contributed by atoms with Gasteiger partial charge in [-0.3, -0.25) is 0 Å². The maximum Gasteiger partial charge on any atom is 0.123 e. The molecular weight excluding hydrogens is 324 g/mol. The lowest BCUT2D eigenvalue weighted by Crippen LogP contribution is -2.00. The Labute approximate surface area is 127 Å². The molecule has 3 heteroatoms. The summed E-state index contributed by atoms with van der Waals surface area (Å²) in [6.45, 7) is 2.13. The molecule has 1 unspecified atom stereocenters. The van der Waals surface area contributed by atoms with Crippen molar-refractivity contribution in [3.8, 4) is 5.75 Å². The van der Waals surface area contributed by atoms with Crippen molar-refractivity contribution in [2.75, 3.05) is 7.11 Å². The Morgan fingerprint density at radius 1 is 1.21 bits per heavy atom. The molecule has 0 saturated heterocycles. The molecule has 100 valence electrons. The highest BCUT2D eigenvalue weighted by atomic mass is 79.9. The molecule has 2 aromatic carbocycles. The number of aryl methyl sites for hydroxylation is 1. The molecule has 2 rings (SSSR count). The highest BCUT2D eigenvalue weighted by molar-refractivity contribution is 9.09. The summed E-state index contributed by atoms with van der Waals surface area (Å²) in [5, 5.41) is 0.727. The van der Waals surface area contributed by atoms with Crippen molar-refractivity contribution in [2.45, 2.75) is 18.2 Å². The molecule has 0 N–H and O–H groups in total. The minimum atomic E-state index is 0.183. The number of hydrogen-bond acceptors (Lipinski definition) is 1.